The van der Waals surface area contributed by atoms with Gasteiger partial charge in [-0.3, -0.25) is 0 Å². The van der Waals surface area contributed by atoms with Gasteiger partial charge in [-0.05, 0) is 46.6 Å². The number of aromatic nitrogens is 3. The fraction of sp³-hybridized carbons (Fsp3) is 0.364. The molecule has 1 saturated carbocycles. The molecular weight excluding hydrogens is 390 g/mol. The van der Waals surface area contributed by atoms with Gasteiger partial charge in [0.15, 0.2) is 5.76 Å². The van der Waals surface area contributed by atoms with Crippen LogP contribution in [0, 0.1) is 6.92 Å². The van der Waals surface area contributed by atoms with E-state index in [1.54, 1.807) is 33.9 Å². The fourth-order valence-electron chi connectivity index (χ4n) is 3.01. The summed E-state index contributed by atoms with van der Waals surface area (Å²) in [5, 5.41) is 0.584. The van der Waals surface area contributed by atoms with Crippen LogP contribution < -0.4 is 0 Å². The zero-order valence-corrected chi connectivity index (χ0v) is 17.6. The number of hydrogen-bond donors (Lipinski definition) is 0. The zero-order valence-electron chi connectivity index (χ0n) is 16.8. The van der Waals surface area contributed by atoms with E-state index in [0.29, 0.717) is 28.1 Å². The van der Waals surface area contributed by atoms with Gasteiger partial charge in [0.25, 0.3) is 0 Å². The third-order valence-electron chi connectivity index (χ3n) is 4.50. The zero-order chi connectivity index (χ0) is 20.8. The van der Waals surface area contributed by atoms with Gasteiger partial charge in [-0.1, -0.05) is 29.8 Å². The van der Waals surface area contributed by atoms with E-state index in [1.807, 2.05) is 24.3 Å². The van der Waals surface area contributed by atoms with Crippen LogP contribution in [0.4, 0.5) is 0 Å². The van der Waals surface area contributed by atoms with E-state index in [-0.39, 0.29) is 5.89 Å². The Morgan fingerprint density at radius 3 is 2.55 bits per heavy atom. The summed E-state index contributed by atoms with van der Waals surface area (Å²) >= 11 is 6.43. The van der Waals surface area contributed by atoms with E-state index in [1.165, 1.54) is 0 Å². The number of ether oxygens (including phenoxy) is 1. The van der Waals surface area contributed by atoms with Gasteiger partial charge >= 0.3 is 11.9 Å². The van der Waals surface area contributed by atoms with Gasteiger partial charge in [0.2, 0.25) is 0 Å². The van der Waals surface area contributed by atoms with Crippen LogP contribution in [0.1, 0.15) is 61.7 Å². The number of nitrogens with zero attached hydrogens (tertiary/aromatic N) is 3. The first-order chi connectivity index (χ1) is 13.7. The van der Waals surface area contributed by atoms with E-state index in [2.05, 4.69) is 9.97 Å². The number of aryl methyl sites for hydroxylation is 1. The SMILES string of the molecule is Cc1nc(C(=O)OC(C)(C)C)oc1-c1nc(C2CC2)ncc1-c1ccccc1Cl. The molecule has 6 nitrogen and oxygen atoms in total. The molecule has 0 radical (unpaired) electrons. The minimum atomic E-state index is -0.642. The number of hydrogen-bond acceptors (Lipinski definition) is 6. The number of rotatable bonds is 4. The molecule has 7 heteroatoms. The van der Waals surface area contributed by atoms with E-state index in [0.717, 1.165) is 29.8 Å². The molecule has 150 valence electrons. The molecule has 0 N–H and O–H groups in total. The summed E-state index contributed by atoms with van der Waals surface area (Å²) < 4.78 is 11.2. The highest BCUT2D eigenvalue weighted by molar-refractivity contribution is 6.33. The molecule has 0 amide bonds. The topological polar surface area (TPSA) is 78.1 Å². The minimum absolute atomic E-state index is 0.0934. The van der Waals surface area contributed by atoms with Gasteiger partial charge in [0.1, 0.15) is 17.1 Å². The molecule has 3 aromatic rings. The Morgan fingerprint density at radius 2 is 1.90 bits per heavy atom. The van der Waals surface area contributed by atoms with E-state index in [4.69, 9.17) is 25.7 Å². The second-order valence-electron chi connectivity index (χ2n) is 8.18. The van der Waals surface area contributed by atoms with E-state index in [9.17, 15) is 4.79 Å². The van der Waals surface area contributed by atoms with Crippen LogP contribution >= 0.6 is 11.6 Å². The molecule has 0 bridgehead atoms. The lowest BCUT2D eigenvalue weighted by molar-refractivity contribution is 0.00280. The van der Waals surface area contributed by atoms with Crippen molar-refractivity contribution >= 4 is 17.6 Å². The summed E-state index contributed by atoms with van der Waals surface area (Å²) in [6, 6.07) is 7.49. The molecule has 1 aliphatic rings. The largest absolute Gasteiger partial charge is 0.453 e. The molecule has 0 saturated heterocycles. The molecule has 0 atom stereocenters. The van der Waals surface area contributed by atoms with Crippen molar-refractivity contribution in [2.75, 3.05) is 0 Å². The number of carbonyl (C=O) groups excluding carboxylic acids is 1. The molecule has 1 aliphatic carbocycles. The Bertz CT molecular complexity index is 1080. The van der Waals surface area contributed by atoms with Crippen LogP contribution in [0.15, 0.2) is 34.9 Å². The summed E-state index contributed by atoms with van der Waals surface area (Å²) in [5.74, 6) is 0.852. The normalized spacial score (nSPS) is 14.1. The quantitative estimate of drug-likeness (QED) is 0.520. The van der Waals surface area contributed by atoms with E-state index >= 15 is 0 Å². The summed E-state index contributed by atoms with van der Waals surface area (Å²) in [6.07, 6.45) is 3.92. The third-order valence-corrected chi connectivity index (χ3v) is 4.83. The summed E-state index contributed by atoms with van der Waals surface area (Å²) in [4.78, 5) is 26.0. The summed E-state index contributed by atoms with van der Waals surface area (Å²) in [6.45, 7) is 7.17. The van der Waals surface area contributed by atoms with E-state index < -0.39 is 11.6 Å². The van der Waals surface area contributed by atoms with Crippen LogP contribution in [-0.4, -0.2) is 26.5 Å². The number of carbonyl (C=O) groups is 1. The van der Waals surface area contributed by atoms with Crippen molar-refractivity contribution in [2.45, 2.75) is 52.1 Å². The Morgan fingerprint density at radius 1 is 1.17 bits per heavy atom. The molecule has 0 spiro atoms. The Labute approximate surface area is 174 Å². The smallest absolute Gasteiger partial charge is 0.395 e. The Balaban J connectivity index is 1.83. The minimum Gasteiger partial charge on any atom is -0.453 e. The maximum absolute atomic E-state index is 12.4. The Kier molecular flexibility index (Phi) is 4.90. The number of benzene rings is 1. The number of oxazole rings is 1. The van der Waals surface area contributed by atoms with Crippen molar-refractivity contribution in [1.82, 2.24) is 15.0 Å². The molecule has 29 heavy (non-hydrogen) atoms. The van der Waals surface area contributed by atoms with Gasteiger partial charge in [0, 0.05) is 28.3 Å². The van der Waals surface area contributed by atoms with Crippen molar-refractivity contribution in [3.8, 4) is 22.6 Å². The summed E-state index contributed by atoms with van der Waals surface area (Å²) in [7, 11) is 0. The van der Waals surface area contributed by atoms with Crippen LogP contribution in [0.2, 0.25) is 5.02 Å². The van der Waals surface area contributed by atoms with Crippen molar-refractivity contribution in [3.05, 3.63) is 52.9 Å². The average Bonchev–Trinajstić information content (AvgIpc) is 3.42. The highest BCUT2D eigenvalue weighted by Crippen LogP contribution is 2.41. The molecule has 0 unspecified atom stereocenters. The first-order valence-electron chi connectivity index (χ1n) is 9.56. The lowest BCUT2D eigenvalue weighted by Gasteiger charge is -2.17. The lowest BCUT2D eigenvalue weighted by atomic mass is 10.0. The second kappa shape index (κ2) is 7.26. The fourth-order valence-corrected chi connectivity index (χ4v) is 3.25. The molecule has 0 aliphatic heterocycles. The predicted molar refractivity (Wildman–Crippen MR) is 110 cm³/mol. The third kappa shape index (κ3) is 4.17. The van der Waals surface area contributed by atoms with Crippen LogP contribution in [-0.2, 0) is 4.74 Å². The standard InChI is InChI=1S/C22H22ClN3O3/c1-12-18(28-20(25-12)21(27)29-22(2,3)4)17-15(14-7-5-6-8-16(14)23)11-24-19(26-17)13-9-10-13/h5-8,11,13H,9-10H2,1-4H3. The molecule has 2 heterocycles. The first kappa shape index (κ1) is 19.6. The highest BCUT2D eigenvalue weighted by Gasteiger charge is 2.30. The van der Waals surface area contributed by atoms with Gasteiger partial charge in [-0.15, -0.1) is 0 Å². The number of esters is 1. The van der Waals surface area contributed by atoms with Crippen LogP contribution in [0.3, 0.4) is 0 Å². The average molecular weight is 412 g/mol. The van der Waals surface area contributed by atoms with Gasteiger partial charge in [-0.2, -0.15) is 0 Å². The molecular formula is C22H22ClN3O3. The molecule has 4 rings (SSSR count). The summed E-state index contributed by atoms with van der Waals surface area (Å²) in [5.41, 5.74) is 2.02. The first-order valence-corrected chi connectivity index (χ1v) is 9.93. The van der Waals surface area contributed by atoms with Crippen molar-refractivity contribution in [3.63, 3.8) is 0 Å². The Hall–Kier alpha value is -2.73. The molecule has 1 fully saturated rings. The molecule has 2 aromatic heterocycles. The molecule has 1 aromatic carbocycles. The lowest BCUT2D eigenvalue weighted by Crippen LogP contribution is -2.24. The number of halogens is 1. The maximum Gasteiger partial charge on any atom is 0.395 e. The van der Waals surface area contributed by atoms with Gasteiger partial charge < -0.3 is 9.15 Å². The van der Waals surface area contributed by atoms with Crippen molar-refractivity contribution in [1.29, 1.82) is 0 Å². The van der Waals surface area contributed by atoms with Crippen LogP contribution in [0.25, 0.3) is 22.6 Å². The highest BCUT2D eigenvalue weighted by atomic mass is 35.5. The van der Waals surface area contributed by atoms with Crippen molar-refractivity contribution < 1.29 is 13.9 Å². The second-order valence-corrected chi connectivity index (χ2v) is 8.59. The monoisotopic (exact) mass is 411 g/mol. The maximum atomic E-state index is 12.4. The van der Waals surface area contributed by atoms with Crippen LogP contribution in [0.5, 0.6) is 0 Å². The predicted octanol–water partition coefficient (Wildman–Crippen LogP) is 5.59. The van der Waals surface area contributed by atoms with Gasteiger partial charge in [-0.25, -0.2) is 19.7 Å². The van der Waals surface area contributed by atoms with Crippen molar-refractivity contribution in [2.24, 2.45) is 0 Å². The van der Waals surface area contributed by atoms with Gasteiger partial charge in [0.05, 0.1) is 5.69 Å².